The molecule has 3 aromatic rings. The second kappa shape index (κ2) is 7.41. The molecule has 2 aromatic heterocycles. The Hall–Kier alpha value is -3.12. The number of aliphatic hydroxyl groups is 1. The van der Waals surface area contributed by atoms with Gasteiger partial charge in [-0.25, -0.2) is 0 Å². The highest BCUT2D eigenvalue weighted by molar-refractivity contribution is 6.12. The van der Waals surface area contributed by atoms with Crippen molar-refractivity contribution in [1.82, 2.24) is 9.55 Å². The van der Waals surface area contributed by atoms with Crippen molar-refractivity contribution in [2.75, 3.05) is 14.2 Å². The number of pyridine rings is 1. The van der Waals surface area contributed by atoms with E-state index < -0.39 is 0 Å². The number of rotatable bonds is 6. The van der Waals surface area contributed by atoms with Gasteiger partial charge in [0.25, 0.3) is 0 Å². The van der Waals surface area contributed by atoms with Gasteiger partial charge in [0.15, 0.2) is 5.78 Å². The van der Waals surface area contributed by atoms with Gasteiger partial charge in [-0.1, -0.05) is 18.2 Å². The smallest absolute Gasteiger partial charge is 0.216 e. The molecule has 0 aliphatic heterocycles. The number of allylic oxidation sites excluding steroid dienone is 1. The largest absolute Gasteiger partial charge is 0.481 e. The zero-order chi connectivity index (χ0) is 18.7. The first kappa shape index (κ1) is 17.7. The van der Waals surface area contributed by atoms with Gasteiger partial charge in [0, 0.05) is 34.8 Å². The molecule has 134 valence electrons. The van der Waals surface area contributed by atoms with Crippen molar-refractivity contribution < 1.29 is 19.4 Å². The number of fused-ring (bicyclic) bond motifs is 1. The molecule has 0 saturated carbocycles. The molecule has 0 spiro atoms. The molecule has 0 bridgehead atoms. The summed E-state index contributed by atoms with van der Waals surface area (Å²) in [7, 11) is 2.98. The number of hydrogen-bond donors (Lipinski definition) is 1. The maximum absolute atomic E-state index is 12.8. The Labute approximate surface area is 151 Å². The van der Waals surface area contributed by atoms with Gasteiger partial charge in [-0.2, -0.15) is 4.98 Å². The summed E-state index contributed by atoms with van der Waals surface area (Å²) < 4.78 is 12.0. The number of ketones is 1. The summed E-state index contributed by atoms with van der Waals surface area (Å²) in [6.07, 6.45) is 3.64. The van der Waals surface area contributed by atoms with Crippen molar-refractivity contribution in [3.63, 3.8) is 0 Å². The average molecular weight is 352 g/mol. The Balaban J connectivity index is 2.02. The van der Waals surface area contributed by atoms with E-state index in [4.69, 9.17) is 9.47 Å². The third-order valence-electron chi connectivity index (χ3n) is 4.16. The van der Waals surface area contributed by atoms with Crippen LogP contribution in [0.5, 0.6) is 11.8 Å². The molecule has 0 saturated heterocycles. The lowest BCUT2D eigenvalue weighted by molar-refractivity contribution is 0.103. The van der Waals surface area contributed by atoms with Crippen LogP contribution in [0.2, 0.25) is 0 Å². The highest BCUT2D eigenvalue weighted by Crippen LogP contribution is 2.25. The molecular formula is C20H20N2O4. The van der Waals surface area contributed by atoms with Crippen LogP contribution < -0.4 is 9.47 Å². The Kier molecular flexibility index (Phi) is 5.04. The number of carbonyl (C=O) groups excluding carboxylic acids is 1. The lowest BCUT2D eigenvalue weighted by Gasteiger charge is -2.07. The van der Waals surface area contributed by atoms with Gasteiger partial charge in [-0.3, -0.25) is 4.79 Å². The highest BCUT2D eigenvalue weighted by Gasteiger charge is 2.14. The SMILES string of the molecule is COc1cc(C(=O)/C(C)=C/c2cn(CO)c3ccccc23)cc(OC)n1. The van der Waals surface area contributed by atoms with Crippen LogP contribution in [0.3, 0.4) is 0 Å². The molecule has 2 heterocycles. The number of methoxy groups -OCH3 is 2. The van der Waals surface area contributed by atoms with Crippen LogP contribution in [-0.2, 0) is 6.73 Å². The van der Waals surface area contributed by atoms with Crippen LogP contribution in [0.15, 0.2) is 48.2 Å². The van der Waals surface area contributed by atoms with Crippen LogP contribution in [0, 0.1) is 0 Å². The molecule has 0 fully saturated rings. The van der Waals surface area contributed by atoms with Gasteiger partial charge >= 0.3 is 0 Å². The molecule has 0 unspecified atom stereocenters. The zero-order valence-corrected chi connectivity index (χ0v) is 14.9. The molecule has 0 amide bonds. The number of para-hydroxylation sites is 1. The average Bonchev–Trinajstić information content (AvgIpc) is 3.04. The maximum atomic E-state index is 12.8. The summed E-state index contributed by atoms with van der Waals surface area (Å²) in [5.74, 6) is 0.486. The molecule has 26 heavy (non-hydrogen) atoms. The van der Waals surface area contributed by atoms with E-state index in [2.05, 4.69) is 4.98 Å². The molecule has 1 aromatic carbocycles. The van der Waals surface area contributed by atoms with Crippen LogP contribution in [0.1, 0.15) is 22.8 Å². The van der Waals surface area contributed by atoms with E-state index in [0.717, 1.165) is 16.5 Å². The topological polar surface area (TPSA) is 73.6 Å². The summed E-state index contributed by atoms with van der Waals surface area (Å²) in [6.45, 7) is 1.63. The first-order chi connectivity index (χ1) is 12.6. The van der Waals surface area contributed by atoms with Crippen molar-refractivity contribution in [2.45, 2.75) is 13.7 Å². The summed E-state index contributed by atoms with van der Waals surface area (Å²) in [6, 6.07) is 10.9. The number of benzene rings is 1. The number of nitrogens with zero attached hydrogens (tertiary/aromatic N) is 2. The van der Waals surface area contributed by atoms with Crippen LogP contribution in [-0.4, -0.2) is 34.7 Å². The predicted molar refractivity (Wildman–Crippen MR) is 99.5 cm³/mol. The van der Waals surface area contributed by atoms with Crippen molar-refractivity contribution in [3.8, 4) is 11.8 Å². The molecule has 0 aliphatic rings. The van der Waals surface area contributed by atoms with Crippen molar-refractivity contribution in [1.29, 1.82) is 0 Å². The number of carbonyl (C=O) groups is 1. The Bertz CT molecular complexity index is 966. The van der Waals surface area contributed by atoms with Crippen LogP contribution >= 0.6 is 0 Å². The van der Waals surface area contributed by atoms with Gasteiger partial charge in [0.05, 0.1) is 19.7 Å². The van der Waals surface area contributed by atoms with E-state index in [1.807, 2.05) is 36.5 Å². The van der Waals surface area contributed by atoms with Gasteiger partial charge in [-0.15, -0.1) is 0 Å². The third-order valence-corrected chi connectivity index (χ3v) is 4.16. The van der Waals surface area contributed by atoms with E-state index >= 15 is 0 Å². The molecule has 6 heteroatoms. The van der Waals surface area contributed by atoms with Crippen LogP contribution in [0.4, 0.5) is 0 Å². The second-order valence-corrected chi connectivity index (χ2v) is 5.81. The molecule has 1 N–H and O–H groups in total. The van der Waals surface area contributed by atoms with Crippen molar-refractivity contribution >= 4 is 22.8 Å². The second-order valence-electron chi connectivity index (χ2n) is 5.81. The maximum Gasteiger partial charge on any atom is 0.216 e. The Morgan fingerprint density at radius 2 is 1.85 bits per heavy atom. The minimum Gasteiger partial charge on any atom is -0.481 e. The number of aliphatic hydroxyl groups excluding tert-OH is 1. The van der Waals surface area contributed by atoms with Crippen molar-refractivity contribution in [3.05, 3.63) is 59.3 Å². The van der Waals surface area contributed by atoms with Crippen LogP contribution in [0.25, 0.3) is 17.0 Å². The number of Topliss-reactive ketones (excluding diaryl/α,β-unsaturated/α-hetero) is 1. The van der Waals surface area contributed by atoms with Gasteiger partial charge < -0.3 is 19.1 Å². The van der Waals surface area contributed by atoms with E-state index in [1.165, 1.54) is 14.2 Å². The van der Waals surface area contributed by atoms with Gasteiger partial charge in [-0.05, 0) is 24.6 Å². The van der Waals surface area contributed by atoms with E-state index in [9.17, 15) is 9.90 Å². The quantitative estimate of drug-likeness (QED) is 0.544. The normalized spacial score (nSPS) is 11.6. The lowest BCUT2D eigenvalue weighted by atomic mass is 10.0. The Morgan fingerprint density at radius 1 is 1.19 bits per heavy atom. The standard InChI is InChI=1S/C20H20N2O4/c1-13(20(24)14-9-18(25-2)21-19(10-14)26-3)8-15-11-22(12-23)17-7-5-4-6-16(15)17/h4-11,23H,12H2,1-3H3/b13-8+. The fraction of sp³-hybridized carbons (Fsp3) is 0.200. The minimum absolute atomic E-state index is 0.125. The molecule has 3 rings (SSSR count). The Morgan fingerprint density at radius 3 is 2.46 bits per heavy atom. The molecule has 0 radical (unpaired) electrons. The number of ether oxygens (including phenoxy) is 2. The van der Waals surface area contributed by atoms with Gasteiger partial charge in [0.2, 0.25) is 11.8 Å². The summed E-state index contributed by atoms with van der Waals surface area (Å²) in [5.41, 5.74) is 2.77. The summed E-state index contributed by atoms with van der Waals surface area (Å²) >= 11 is 0. The van der Waals surface area contributed by atoms with E-state index in [1.54, 1.807) is 23.6 Å². The fourth-order valence-corrected chi connectivity index (χ4v) is 2.85. The summed E-state index contributed by atoms with van der Waals surface area (Å²) in [5, 5.41) is 10.5. The molecule has 6 nitrogen and oxygen atoms in total. The number of aromatic nitrogens is 2. The monoisotopic (exact) mass is 352 g/mol. The molecule has 0 aliphatic carbocycles. The van der Waals surface area contributed by atoms with E-state index in [0.29, 0.717) is 22.9 Å². The van der Waals surface area contributed by atoms with Gasteiger partial charge in [0.1, 0.15) is 6.73 Å². The first-order valence-corrected chi connectivity index (χ1v) is 8.09. The summed E-state index contributed by atoms with van der Waals surface area (Å²) in [4.78, 5) is 16.9. The number of hydrogen-bond acceptors (Lipinski definition) is 5. The first-order valence-electron chi connectivity index (χ1n) is 8.09. The highest BCUT2D eigenvalue weighted by atomic mass is 16.5. The molecule has 0 atom stereocenters. The third kappa shape index (κ3) is 3.32. The fourth-order valence-electron chi connectivity index (χ4n) is 2.85. The lowest BCUT2D eigenvalue weighted by Crippen LogP contribution is -2.03. The van der Waals surface area contributed by atoms with E-state index in [-0.39, 0.29) is 12.5 Å². The van der Waals surface area contributed by atoms with Crippen molar-refractivity contribution in [2.24, 2.45) is 0 Å². The predicted octanol–water partition coefficient (Wildman–Crippen LogP) is 3.29. The minimum atomic E-state index is -0.148. The zero-order valence-electron chi connectivity index (χ0n) is 14.9. The molecular weight excluding hydrogens is 332 g/mol.